The Morgan fingerprint density at radius 1 is 1.19 bits per heavy atom. The summed E-state index contributed by atoms with van der Waals surface area (Å²) in [5, 5.41) is 8.98. The molecule has 0 saturated heterocycles. The molecule has 0 amide bonds. The van der Waals surface area contributed by atoms with Crippen molar-refractivity contribution in [3.63, 3.8) is 0 Å². The number of aromatic nitrogens is 1. The number of hydrogen-bond acceptors (Lipinski definition) is 4. The Kier molecular flexibility index (Phi) is 3.88. The van der Waals surface area contributed by atoms with Crippen LogP contribution in [-0.2, 0) is 11.6 Å². The molecule has 0 unspecified atom stereocenters. The first-order chi connectivity index (χ1) is 9.50. The number of alkyl halides is 3. The average Bonchev–Trinajstić information content (AvgIpc) is 2.93. The SMILES string of the molecule is CC(C)(C)c1ccc(-c2nc(C(F)(F)F)c(C(=O)O)s2)s1. The summed E-state index contributed by atoms with van der Waals surface area (Å²) >= 11 is 1.88. The Bertz CT molecular complexity index is 680. The number of carbonyl (C=O) groups is 1. The van der Waals surface area contributed by atoms with Gasteiger partial charge in [-0.15, -0.1) is 22.7 Å². The van der Waals surface area contributed by atoms with Crippen LogP contribution >= 0.6 is 22.7 Å². The lowest BCUT2D eigenvalue weighted by molar-refractivity contribution is -0.141. The van der Waals surface area contributed by atoms with Gasteiger partial charge in [-0.1, -0.05) is 20.8 Å². The van der Waals surface area contributed by atoms with Crippen LogP contribution in [0.3, 0.4) is 0 Å². The second-order valence-corrected chi connectivity index (χ2v) is 7.50. The minimum Gasteiger partial charge on any atom is -0.477 e. The molecule has 8 heteroatoms. The van der Waals surface area contributed by atoms with Crippen molar-refractivity contribution in [1.82, 2.24) is 4.98 Å². The van der Waals surface area contributed by atoms with Crippen LogP contribution in [0.25, 0.3) is 9.88 Å². The number of hydrogen-bond donors (Lipinski definition) is 1. The maximum Gasteiger partial charge on any atom is 0.435 e. The molecule has 0 aliphatic carbocycles. The van der Waals surface area contributed by atoms with Gasteiger partial charge in [0.2, 0.25) is 0 Å². The highest BCUT2D eigenvalue weighted by Gasteiger charge is 2.40. The van der Waals surface area contributed by atoms with Crippen molar-refractivity contribution < 1.29 is 23.1 Å². The molecule has 0 radical (unpaired) electrons. The van der Waals surface area contributed by atoms with Crippen LogP contribution in [-0.4, -0.2) is 16.1 Å². The first-order valence-electron chi connectivity index (χ1n) is 5.92. The van der Waals surface area contributed by atoms with Crippen LogP contribution in [0.1, 0.15) is 41.0 Å². The third kappa shape index (κ3) is 3.26. The van der Waals surface area contributed by atoms with Crippen molar-refractivity contribution in [1.29, 1.82) is 0 Å². The smallest absolute Gasteiger partial charge is 0.435 e. The zero-order chi connectivity index (χ0) is 16.0. The molecule has 0 spiro atoms. The van der Waals surface area contributed by atoms with Crippen molar-refractivity contribution in [2.45, 2.75) is 32.4 Å². The molecule has 2 aromatic heterocycles. The highest BCUT2D eigenvalue weighted by atomic mass is 32.1. The number of aromatic carboxylic acids is 1. The number of nitrogens with zero attached hydrogens (tertiary/aromatic N) is 1. The summed E-state index contributed by atoms with van der Waals surface area (Å²) in [5.74, 6) is -1.61. The molecule has 21 heavy (non-hydrogen) atoms. The van der Waals surface area contributed by atoms with E-state index in [2.05, 4.69) is 4.98 Å². The van der Waals surface area contributed by atoms with E-state index in [1.807, 2.05) is 26.8 Å². The Morgan fingerprint density at radius 3 is 2.19 bits per heavy atom. The molecule has 2 rings (SSSR count). The molecule has 0 atom stereocenters. The number of thiazole rings is 1. The standard InChI is InChI=1S/C13H12F3NO2S2/c1-12(2,3)7-5-4-6(20-7)10-17-9(13(14,15)16)8(21-10)11(18)19/h4-5H,1-3H3,(H,18,19). The largest absolute Gasteiger partial charge is 0.477 e. The lowest BCUT2D eigenvalue weighted by Crippen LogP contribution is -2.11. The Balaban J connectivity index is 2.51. The summed E-state index contributed by atoms with van der Waals surface area (Å²) in [4.78, 5) is 15.2. The van der Waals surface area contributed by atoms with Gasteiger partial charge < -0.3 is 5.11 Å². The van der Waals surface area contributed by atoms with Crippen LogP contribution in [0.4, 0.5) is 13.2 Å². The van der Waals surface area contributed by atoms with Gasteiger partial charge in [0.25, 0.3) is 0 Å². The van der Waals surface area contributed by atoms with Crippen LogP contribution in [0.5, 0.6) is 0 Å². The van der Waals surface area contributed by atoms with E-state index in [4.69, 9.17) is 5.11 Å². The van der Waals surface area contributed by atoms with E-state index in [9.17, 15) is 18.0 Å². The van der Waals surface area contributed by atoms with Crippen LogP contribution < -0.4 is 0 Å². The maximum atomic E-state index is 12.8. The molecule has 1 N–H and O–H groups in total. The molecule has 0 bridgehead atoms. The van der Waals surface area contributed by atoms with Crippen molar-refractivity contribution in [3.8, 4) is 9.88 Å². The number of carboxylic acid groups (broad SMARTS) is 1. The molecule has 114 valence electrons. The summed E-state index contributed by atoms with van der Waals surface area (Å²) in [6.45, 7) is 5.98. The summed E-state index contributed by atoms with van der Waals surface area (Å²) < 4.78 is 38.4. The fourth-order valence-electron chi connectivity index (χ4n) is 1.62. The third-order valence-electron chi connectivity index (χ3n) is 2.65. The van der Waals surface area contributed by atoms with Gasteiger partial charge in [-0.25, -0.2) is 9.78 Å². The molecule has 2 aromatic rings. The molecule has 3 nitrogen and oxygen atoms in total. The molecule has 0 aliphatic rings. The Hall–Kier alpha value is -1.41. The Labute approximate surface area is 127 Å². The number of rotatable bonds is 2. The first kappa shape index (κ1) is 16.0. The van der Waals surface area contributed by atoms with E-state index in [1.54, 1.807) is 6.07 Å². The minimum atomic E-state index is -4.77. The van der Waals surface area contributed by atoms with Crippen molar-refractivity contribution in [3.05, 3.63) is 27.6 Å². The van der Waals surface area contributed by atoms with Gasteiger partial charge in [0, 0.05) is 4.88 Å². The van der Waals surface area contributed by atoms with Gasteiger partial charge in [0.05, 0.1) is 4.88 Å². The molecule has 0 saturated carbocycles. The fraction of sp³-hybridized carbons (Fsp3) is 0.385. The topological polar surface area (TPSA) is 50.2 Å². The van der Waals surface area contributed by atoms with Crippen LogP contribution in [0.15, 0.2) is 12.1 Å². The predicted molar refractivity (Wildman–Crippen MR) is 76.1 cm³/mol. The molecular formula is C13H12F3NO2S2. The molecule has 0 fully saturated rings. The second-order valence-electron chi connectivity index (χ2n) is 5.41. The van der Waals surface area contributed by atoms with E-state index < -0.39 is 22.7 Å². The summed E-state index contributed by atoms with van der Waals surface area (Å²) in [6.07, 6.45) is -4.77. The van der Waals surface area contributed by atoms with Crippen molar-refractivity contribution >= 4 is 28.6 Å². The van der Waals surface area contributed by atoms with Gasteiger partial charge in [0.1, 0.15) is 9.88 Å². The maximum absolute atomic E-state index is 12.8. The van der Waals surface area contributed by atoms with Gasteiger partial charge >= 0.3 is 12.1 Å². The summed E-state index contributed by atoms with van der Waals surface area (Å²) in [6, 6.07) is 3.50. The summed E-state index contributed by atoms with van der Waals surface area (Å²) in [7, 11) is 0. The van der Waals surface area contributed by atoms with Crippen molar-refractivity contribution in [2.75, 3.05) is 0 Å². The van der Waals surface area contributed by atoms with Gasteiger partial charge in [-0.05, 0) is 17.5 Å². The van der Waals surface area contributed by atoms with Crippen LogP contribution in [0, 0.1) is 0 Å². The lowest BCUT2D eigenvalue weighted by Gasteiger charge is -2.15. The molecule has 0 aliphatic heterocycles. The van der Waals surface area contributed by atoms with Crippen molar-refractivity contribution in [2.24, 2.45) is 0 Å². The molecular weight excluding hydrogens is 323 g/mol. The van der Waals surface area contributed by atoms with Crippen LogP contribution in [0.2, 0.25) is 0 Å². The second kappa shape index (κ2) is 5.10. The highest BCUT2D eigenvalue weighted by molar-refractivity contribution is 7.22. The summed E-state index contributed by atoms with van der Waals surface area (Å²) in [5.41, 5.74) is -1.46. The van der Waals surface area contributed by atoms with E-state index in [1.165, 1.54) is 11.3 Å². The number of thiophene rings is 1. The van der Waals surface area contributed by atoms with E-state index in [0.717, 1.165) is 4.88 Å². The monoisotopic (exact) mass is 335 g/mol. The molecule has 2 heterocycles. The van der Waals surface area contributed by atoms with Gasteiger partial charge in [-0.2, -0.15) is 13.2 Å². The highest BCUT2D eigenvalue weighted by Crippen LogP contribution is 2.41. The Morgan fingerprint density at radius 2 is 1.81 bits per heavy atom. The minimum absolute atomic E-state index is 0.0835. The van der Waals surface area contributed by atoms with E-state index in [-0.39, 0.29) is 10.4 Å². The predicted octanol–water partition coefficient (Wildman–Crippen LogP) is 4.89. The first-order valence-corrected chi connectivity index (χ1v) is 7.55. The quantitative estimate of drug-likeness (QED) is 0.850. The lowest BCUT2D eigenvalue weighted by atomic mass is 9.95. The number of halogens is 3. The zero-order valence-corrected chi connectivity index (χ0v) is 13.0. The van der Waals surface area contributed by atoms with Gasteiger partial charge in [0.15, 0.2) is 5.69 Å². The third-order valence-corrected chi connectivity index (χ3v) is 5.37. The fourth-order valence-corrected chi connectivity index (χ4v) is 3.66. The zero-order valence-electron chi connectivity index (χ0n) is 11.4. The van der Waals surface area contributed by atoms with E-state index in [0.29, 0.717) is 16.2 Å². The van der Waals surface area contributed by atoms with Gasteiger partial charge in [-0.3, -0.25) is 0 Å². The number of carboxylic acids is 1. The average molecular weight is 335 g/mol. The molecule has 0 aromatic carbocycles. The normalized spacial score (nSPS) is 12.7. The van der Waals surface area contributed by atoms with E-state index >= 15 is 0 Å².